The summed E-state index contributed by atoms with van der Waals surface area (Å²) >= 11 is 0. The third kappa shape index (κ3) is 3.64. The molecule has 0 saturated carbocycles. The molecule has 0 bridgehead atoms. The molecular formula is C22H18N8O. The van der Waals surface area contributed by atoms with E-state index in [2.05, 4.69) is 25.6 Å². The maximum Gasteiger partial charge on any atom is 0.253 e. The summed E-state index contributed by atoms with van der Waals surface area (Å²) in [5.41, 5.74) is 5.16. The van der Waals surface area contributed by atoms with Crippen LogP contribution in [0.2, 0.25) is 0 Å². The molecule has 4 aromatic heterocycles. The van der Waals surface area contributed by atoms with E-state index in [0.29, 0.717) is 23.3 Å². The number of para-hydroxylation sites is 1. The SMILES string of the molecule is Cn1nnc2cc(C(=O)NCc3cn(-c4ccccc4)nc3-c3ccncc3)cnc21. The van der Waals surface area contributed by atoms with Gasteiger partial charge in [-0.05, 0) is 30.3 Å². The van der Waals surface area contributed by atoms with E-state index < -0.39 is 0 Å². The molecule has 0 atom stereocenters. The van der Waals surface area contributed by atoms with Gasteiger partial charge in [0.25, 0.3) is 5.91 Å². The third-order valence-electron chi connectivity index (χ3n) is 4.91. The lowest BCUT2D eigenvalue weighted by Crippen LogP contribution is -2.23. The van der Waals surface area contributed by atoms with Crippen molar-refractivity contribution in [1.29, 1.82) is 0 Å². The van der Waals surface area contributed by atoms with Crippen LogP contribution in [0.25, 0.3) is 28.1 Å². The predicted molar refractivity (Wildman–Crippen MR) is 114 cm³/mol. The average Bonchev–Trinajstić information content (AvgIpc) is 3.42. The zero-order chi connectivity index (χ0) is 21.2. The highest BCUT2D eigenvalue weighted by Crippen LogP contribution is 2.23. The van der Waals surface area contributed by atoms with Crippen LogP contribution < -0.4 is 5.32 Å². The normalized spacial score (nSPS) is 11.0. The van der Waals surface area contributed by atoms with Gasteiger partial charge in [0.2, 0.25) is 0 Å². The highest BCUT2D eigenvalue weighted by molar-refractivity contribution is 5.96. The summed E-state index contributed by atoms with van der Waals surface area (Å²) in [6.45, 7) is 0.307. The van der Waals surface area contributed by atoms with E-state index in [1.165, 1.54) is 6.20 Å². The minimum Gasteiger partial charge on any atom is -0.348 e. The Kier molecular flexibility index (Phi) is 4.68. The first-order valence-electron chi connectivity index (χ1n) is 9.67. The number of aromatic nitrogens is 7. The standard InChI is InChI=1S/C22H18N8O/c1-29-21-19(26-28-29)11-16(12-24-21)22(31)25-13-17-14-30(18-5-3-2-4-6-18)27-20(17)15-7-9-23-10-8-15/h2-12,14H,13H2,1H3,(H,25,31). The molecule has 1 aromatic carbocycles. The van der Waals surface area contributed by atoms with Crippen LogP contribution >= 0.6 is 0 Å². The lowest BCUT2D eigenvalue weighted by Gasteiger charge is -2.05. The first kappa shape index (κ1) is 18.6. The molecule has 0 aliphatic heterocycles. The van der Waals surface area contributed by atoms with Crippen LogP contribution in [0.3, 0.4) is 0 Å². The number of hydrogen-bond acceptors (Lipinski definition) is 6. The number of rotatable bonds is 5. The van der Waals surface area contributed by atoms with Gasteiger partial charge in [-0.3, -0.25) is 9.78 Å². The maximum absolute atomic E-state index is 12.7. The summed E-state index contributed by atoms with van der Waals surface area (Å²) < 4.78 is 3.38. The fourth-order valence-corrected chi connectivity index (χ4v) is 3.33. The van der Waals surface area contributed by atoms with Gasteiger partial charge in [0, 0.05) is 49.5 Å². The lowest BCUT2D eigenvalue weighted by atomic mass is 10.1. The van der Waals surface area contributed by atoms with Gasteiger partial charge in [-0.1, -0.05) is 23.4 Å². The van der Waals surface area contributed by atoms with E-state index in [1.807, 2.05) is 53.3 Å². The van der Waals surface area contributed by atoms with Crippen LogP contribution in [0.4, 0.5) is 0 Å². The van der Waals surface area contributed by atoms with Crippen LogP contribution in [0.1, 0.15) is 15.9 Å². The first-order chi connectivity index (χ1) is 15.2. The number of pyridine rings is 2. The van der Waals surface area contributed by atoms with Crippen molar-refractivity contribution in [3.05, 3.63) is 84.4 Å². The Bertz CT molecular complexity index is 1360. The van der Waals surface area contributed by atoms with Crippen molar-refractivity contribution in [3.63, 3.8) is 0 Å². The van der Waals surface area contributed by atoms with Crippen molar-refractivity contribution in [3.8, 4) is 16.9 Å². The number of hydrogen-bond donors (Lipinski definition) is 1. The average molecular weight is 410 g/mol. The fourth-order valence-electron chi connectivity index (χ4n) is 3.33. The summed E-state index contributed by atoms with van der Waals surface area (Å²) in [4.78, 5) is 21.1. The van der Waals surface area contributed by atoms with Crippen LogP contribution in [0.15, 0.2) is 73.3 Å². The van der Waals surface area contributed by atoms with Gasteiger partial charge in [-0.15, -0.1) is 5.10 Å². The molecule has 0 unspecified atom stereocenters. The van der Waals surface area contributed by atoms with Crippen molar-refractivity contribution in [1.82, 2.24) is 40.1 Å². The third-order valence-corrected chi connectivity index (χ3v) is 4.91. The molecular weight excluding hydrogens is 392 g/mol. The maximum atomic E-state index is 12.7. The molecule has 4 heterocycles. The number of fused-ring (bicyclic) bond motifs is 1. The smallest absolute Gasteiger partial charge is 0.253 e. The van der Waals surface area contributed by atoms with Crippen LogP contribution in [-0.2, 0) is 13.6 Å². The molecule has 1 N–H and O–H groups in total. The molecule has 5 rings (SSSR count). The minimum atomic E-state index is -0.242. The molecule has 0 aliphatic carbocycles. The molecule has 0 saturated heterocycles. The second kappa shape index (κ2) is 7.79. The molecule has 152 valence electrons. The van der Waals surface area contributed by atoms with E-state index in [1.54, 1.807) is 30.2 Å². The Balaban J connectivity index is 1.43. The molecule has 1 amide bonds. The molecule has 0 spiro atoms. The number of benzene rings is 1. The summed E-state index contributed by atoms with van der Waals surface area (Å²) in [6.07, 6.45) is 6.90. The van der Waals surface area contributed by atoms with Gasteiger partial charge in [-0.25, -0.2) is 14.3 Å². The molecule has 0 aliphatic rings. The largest absolute Gasteiger partial charge is 0.348 e. The van der Waals surface area contributed by atoms with Gasteiger partial charge in [-0.2, -0.15) is 5.10 Å². The van der Waals surface area contributed by atoms with Crippen LogP contribution in [0.5, 0.6) is 0 Å². The number of nitrogens with one attached hydrogen (secondary N) is 1. The monoisotopic (exact) mass is 410 g/mol. The number of amides is 1. The first-order valence-corrected chi connectivity index (χ1v) is 9.67. The second-order valence-corrected chi connectivity index (χ2v) is 6.98. The van der Waals surface area contributed by atoms with E-state index in [-0.39, 0.29) is 5.91 Å². The van der Waals surface area contributed by atoms with Crippen molar-refractivity contribution < 1.29 is 4.79 Å². The predicted octanol–water partition coefficient (Wildman–Crippen LogP) is 2.54. The minimum absolute atomic E-state index is 0.242. The Hall–Kier alpha value is -4.40. The highest BCUT2D eigenvalue weighted by atomic mass is 16.1. The topological polar surface area (TPSA) is 103 Å². The molecule has 9 nitrogen and oxygen atoms in total. The van der Waals surface area contributed by atoms with Crippen molar-refractivity contribution in [2.24, 2.45) is 7.05 Å². The van der Waals surface area contributed by atoms with Gasteiger partial charge in [0.05, 0.1) is 16.9 Å². The summed E-state index contributed by atoms with van der Waals surface area (Å²) in [5, 5.41) is 15.7. The van der Waals surface area contributed by atoms with E-state index in [0.717, 1.165) is 22.5 Å². The van der Waals surface area contributed by atoms with E-state index >= 15 is 0 Å². The molecule has 0 radical (unpaired) electrons. The zero-order valence-corrected chi connectivity index (χ0v) is 16.7. The number of carbonyl (C=O) groups excluding carboxylic acids is 1. The Morgan fingerprint density at radius 3 is 2.71 bits per heavy atom. The lowest BCUT2D eigenvalue weighted by molar-refractivity contribution is 0.0950. The number of nitrogens with zero attached hydrogens (tertiary/aromatic N) is 7. The van der Waals surface area contributed by atoms with Crippen LogP contribution in [0, 0.1) is 0 Å². The van der Waals surface area contributed by atoms with E-state index in [9.17, 15) is 4.79 Å². The van der Waals surface area contributed by atoms with Gasteiger partial charge in [0.15, 0.2) is 5.65 Å². The summed E-state index contributed by atoms with van der Waals surface area (Å²) in [6, 6.07) is 15.3. The van der Waals surface area contributed by atoms with Gasteiger partial charge in [0.1, 0.15) is 5.52 Å². The molecule has 5 aromatic rings. The quantitative estimate of drug-likeness (QED) is 0.478. The number of aryl methyl sites for hydroxylation is 1. The Morgan fingerprint density at radius 1 is 1.10 bits per heavy atom. The Morgan fingerprint density at radius 2 is 1.90 bits per heavy atom. The van der Waals surface area contributed by atoms with Gasteiger partial charge < -0.3 is 5.32 Å². The van der Waals surface area contributed by atoms with E-state index in [4.69, 9.17) is 5.10 Å². The second-order valence-electron chi connectivity index (χ2n) is 6.98. The zero-order valence-electron chi connectivity index (χ0n) is 16.7. The molecule has 0 fully saturated rings. The van der Waals surface area contributed by atoms with Crippen molar-refractivity contribution >= 4 is 17.1 Å². The van der Waals surface area contributed by atoms with Crippen molar-refractivity contribution in [2.45, 2.75) is 6.54 Å². The Labute approximate surface area is 177 Å². The summed E-state index contributed by atoms with van der Waals surface area (Å²) in [7, 11) is 1.76. The highest BCUT2D eigenvalue weighted by Gasteiger charge is 2.15. The molecule has 31 heavy (non-hydrogen) atoms. The molecule has 9 heteroatoms. The van der Waals surface area contributed by atoms with Crippen LogP contribution in [-0.4, -0.2) is 40.6 Å². The summed E-state index contributed by atoms with van der Waals surface area (Å²) in [5.74, 6) is -0.242. The fraction of sp³-hybridized carbons (Fsp3) is 0.0909. The van der Waals surface area contributed by atoms with Gasteiger partial charge >= 0.3 is 0 Å². The van der Waals surface area contributed by atoms with Crippen molar-refractivity contribution in [2.75, 3.05) is 0 Å². The number of carbonyl (C=O) groups is 1.